The second-order valence-electron chi connectivity index (χ2n) is 4.36. The van der Waals surface area contributed by atoms with Gasteiger partial charge in [0.05, 0.1) is 17.9 Å². The van der Waals surface area contributed by atoms with Crippen LogP contribution < -0.4 is 11.1 Å². The molecule has 1 atom stereocenters. The summed E-state index contributed by atoms with van der Waals surface area (Å²) >= 11 is 0. The largest absolute Gasteiger partial charge is 0.351 e. The van der Waals surface area contributed by atoms with Crippen LogP contribution in [0.2, 0.25) is 0 Å². The highest BCUT2D eigenvalue weighted by atomic mass is 16.2. The molecule has 0 bridgehead atoms. The fraction of sp³-hybridized carbons (Fsp3) is 0.286. The van der Waals surface area contributed by atoms with E-state index in [2.05, 4.69) is 10.4 Å². The minimum Gasteiger partial charge on any atom is -0.351 e. The van der Waals surface area contributed by atoms with Crippen molar-refractivity contribution in [3.05, 3.63) is 48.3 Å². The SMILES string of the molecule is CC[C@@H](N)C(=O)NCc1cnn(-c2ccccc2)c1. The molecule has 0 radical (unpaired) electrons. The van der Waals surface area contributed by atoms with Crippen molar-refractivity contribution in [1.82, 2.24) is 15.1 Å². The number of nitrogens with two attached hydrogens (primary N) is 1. The molecule has 100 valence electrons. The molecular formula is C14H18N4O. The van der Waals surface area contributed by atoms with Gasteiger partial charge in [-0.25, -0.2) is 4.68 Å². The lowest BCUT2D eigenvalue weighted by Gasteiger charge is -2.08. The highest BCUT2D eigenvalue weighted by Gasteiger charge is 2.10. The van der Waals surface area contributed by atoms with E-state index in [0.717, 1.165) is 11.3 Å². The zero-order chi connectivity index (χ0) is 13.7. The Balaban J connectivity index is 1.97. The Morgan fingerprint density at radius 1 is 1.42 bits per heavy atom. The van der Waals surface area contributed by atoms with Gasteiger partial charge in [0.25, 0.3) is 0 Å². The standard InChI is InChI=1S/C14H18N4O/c1-2-13(15)14(19)16-8-11-9-17-18(10-11)12-6-4-3-5-7-12/h3-7,9-10,13H,2,8,15H2,1H3,(H,16,19)/t13-/m1/s1. The molecular weight excluding hydrogens is 240 g/mol. The van der Waals surface area contributed by atoms with Crippen LogP contribution in [0.1, 0.15) is 18.9 Å². The number of hydrogen-bond acceptors (Lipinski definition) is 3. The smallest absolute Gasteiger partial charge is 0.237 e. The first-order chi connectivity index (χ1) is 9.20. The molecule has 5 heteroatoms. The molecule has 0 unspecified atom stereocenters. The van der Waals surface area contributed by atoms with Crippen LogP contribution in [0.15, 0.2) is 42.7 Å². The van der Waals surface area contributed by atoms with Gasteiger partial charge in [-0.15, -0.1) is 0 Å². The topological polar surface area (TPSA) is 72.9 Å². The molecule has 2 rings (SSSR count). The predicted molar refractivity (Wildman–Crippen MR) is 73.7 cm³/mol. The van der Waals surface area contributed by atoms with Crippen molar-refractivity contribution in [1.29, 1.82) is 0 Å². The number of para-hydroxylation sites is 1. The quantitative estimate of drug-likeness (QED) is 0.847. The summed E-state index contributed by atoms with van der Waals surface area (Å²) in [7, 11) is 0. The number of aromatic nitrogens is 2. The number of nitrogens with zero attached hydrogens (tertiary/aromatic N) is 2. The number of carbonyl (C=O) groups is 1. The van der Waals surface area contributed by atoms with Crippen LogP contribution in [-0.4, -0.2) is 21.7 Å². The normalized spacial score (nSPS) is 12.1. The molecule has 1 amide bonds. The Morgan fingerprint density at radius 2 is 2.16 bits per heavy atom. The third-order valence-electron chi connectivity index (χ3n) is 2.90. The van der Waals surface area contributed by atoms with Crippen LogP contribution in [0.3, 0.4) is 0 Å². The maximum atomic E-state index is 11.6. The van der Waals surface area contributed by atoms with E-state index in [1.807, 2.05) is 43.5 Å². The van der Waals surface area contributed by atoms with Crippen molar-refractivity contribution < 1.29 is 4.79 Å². The van der Waals surface area contributed by atoms with Gasteiger partial charge in [0, 0.05) is 18.3 Å². The maximum Gasteiger partial charge on any atom is 0.237 e. The Bertz CT molecular complexity index is 535. The van der Waals surface area contributed by atoms with Gasteiger partial charge in [-0.2, -0.15) is 5.10 Å². The molecule has 0 aliphatic rings. The first-order valence-electron chi connectivity index (χ1n) is 6.33. The highest BCUT2D eigenvalue weighted by molar-refractivity contribution is 5.81. The van der Waals surface area contributed by atoms with Gasteiger partial charge in [-0.05, 0) is 18.6 Å². The van der Waals surface area contributed by atoms with Gasteiger partial charge in [-0.1, -0.05) is 25.1 Å². The lowest BCUT2D eigenvalue weighted by molar-refractivity contribution is -0.122. The fourth-order valence-corrected chi connectivity index (χ4v) is 1.68. The molecule has 0 aliphatic heterocycles. The predicted octanol–water partition coefficient (Wildman–Crippen LogP) is 1.23. The third-order valence-corrected chi connectivity index (χ3v) is 2.90. The van der Waals surface area contributed by atoms with E-state index >= 15 is 0 Å². The third kappa shape index (κ3) is 3.42. The van der Waals surface area contributed by atoms with Gasteiger partial charge < -0.3 is 11.1 Å². The molecule has 0 saturated carbocycles. The number of nitrogens with one attached hydrogen (secondary N) is 1. The van der Waals surface area contributed by atoms with Crippen molar-refractivity contribution in [2.45, 2.75) is 25.9 Å². The van der Waals surface area contributed by atoms with E-state index in [-0.39, 0.29) is 5.91 Å². The van der Waals surface area contributed by atoms with Crippen LogP contribution >= 0.6 is 0 Å². The minimum absolute atomic E-state index is 0.130. The number of carbonyl (C=O) groups excluding carboxylic acids is 1. The van der Waals surface area contributed by atoms with Crippen molar-refractivity contribution in [2.24, 2.45) is 5.73 Å². The lowest BCUT2D eigenvalue weighted by atomic mass is 10.2. The summed E-state index contributed by atoms with van der Waals surface area (Å²) in [5, 5.41) is 7.06. The average molecular weight is 258 g/mol. The molecule has 0 saturated heterocycles. The van der Waals surface area contributed by atoms with Gasteiger partial charge in [0.15, 0.2) is 0 Å². The summed E-state index contributed by atoms with van der Waals surface area (Å²) in [6, 6.07) is 9.38. The molecule has 5 nitrogen and oxygen atoms in total. The van der Waals surface area contributed by atoms with Crippen LogP contribution in [0, 0.1) is 0 Å². The lowest BCUT2D eigenvalue weighted by Crippen LogP contribution is -2.39. The average Bonchev–Trinajstić information content (AvgIpc) is 2.93. The molecule has 0 spiro atoms. The summed E-state index contributed by atoms with van der Waals surface area (Å²) in [5.41, 5.74) is 7.58. The van der Waals surface area contributed by atoms with Crippen LogP contribution in [0.4, 0.5) is 0 Å². The Labute approximate surface area is 112 Å². The molecule has 1 heterocycles. The van der Waals surface area contributed by atoms with Gasteiger partial charge in [0.1, 0.15) is 0 Å². The summed E-state index contributed by atoms with van der Waals surface area (Å²) in [4.78, 5) is 11.6. The van der Waals surface area contributed by atoms with Crippen molar-refractivity contribution in [2.75, 3.05) is 0 Å². The molecule has 3 N–H and O–H groups in total. The van der Waals surface area contributed by atoms with Crippen LogP contribution in [0.5, 0.6) is 0 Å². The van der Waals surface area contributed by atoms with Gasteiger partial charge >= 0.3 is 0 Å². The van der Waals surface area contributed by atoms with Gasteiger partial charge in [-0.3, -0.25) is 4.79 Å². The number of hydrogen-bond donors (Lipinski definition) is 2. The molecule has 1 aromatic carbocycles. The van der Waals surface area contributed by atoms with Crippen molar-refractivity contribution in [3.63, 3.8) is 0 Å². The van der Waals surface area contributed by atoms with Crippen molar-refractivity contribution >= 4 is 5.91 Å². The molecule has 0 fully saturated rings. The number of amides is 1. The van der Waals surface area contributed by atoms with E-state index in [9.17, 15) is 4.79 Å². The van der Waals surface area contributed by atoms with E-state index < -0.39 is 6.04 Å². The van der Waals surface area contributed by atoms with E-state index in [4.69, 9.17) is 5.73 Å². The summed E-state index contributed by atoms with van der Waals surface area (Å²) in [5.74, 6) is -0.130. The van der Waals surface area contributed by atoms with Crippen LogP contribution in [0.25, 0.3) is 5.69 Å². The minimum atomic E-state index is -0.441. The number of benzene rings is 1. The zero-order valence-electron chi connectivity index (χ0n) is 10.9. The molecule has 1 aromatic heterocycles. The molecule has 19 heavy (non-hydrogen) atoms. The van der Waals surface area contributed by atoms with E-state index in [0.29, 0.717) is 13.0 Å². The maximum absolute atomic E-state index is 11.6. The Hall–Kier alpha value is -2.14. The summed E-state index contributed by atoms with van der Waals surface area (Å²) < 4.78 is 1.78. The van der Waals surface area contributed by atoms with E-state index in [1.54, 1.807) is 10.9 Å². The van der Waals surface area contributed by atoms with Gasteiger partial charge in [0.2, 0.25) is 5.91 Å². The van der Waals surface area contributed by atoms with Crippen LogP contribution in [-0.2, 0) is 11.3 Å². The summed E-state index contributed by atoms with van der Waals surface area (Å²) in [6.07, 6.45) is 4.27. The fourth-order valence-electron chi connectivity index (χ4n) is 1.68. The monoisotopic (exact) mass is 258 g/mol. The highest BCUT2D eigenvalue weighted by Crippen LogP contribution is 2.07. The van der Waals surface area contributed by atoms with E-state index in [1.165, 1.54) is 0 Å². The molecule has 0 aliphatic carbocycles. The number of rotatable bonds is 5. The summed E-state index contributed by atoms with van der Waals surface area (Å²) in [6.45, 7) is 2.33. The first-order valence-corrected chi connectivity index (χ1v) is 6.33. The first kappa shape index (κ1) is 13.3. The Kier molecular flexibility index (Phi) is 4.30. The molecule has 2 aromatic rings. The second-order valence-corrected chi connectivity index (χ2v) is 4.36. The Morgan fingerprint density at radius 3 is 2.84 bits per heavy atom. The zero-order valence-corrected chi connectivity index (χ0v) is 10.9. The second kappa shape index (κ2) is 6.15. The van der Waals surface area contributed by atoms with Crippen molar-refractivity contribution in [3.8, 4) is 5.69 Å².